The normalized spacial score (nSPS) is 19.5. The predicted molar refractivity (Wildman–Crippen MR) is 56.6 cm³/mol. The smallest absolute Gasteiger partial charge is 0.0700 e. The highest BCUT2D eigenvalue weighted by molar-refractivity contribution is 4.65. The van der Waals surface area contributed by atoms with Crippen LogP contribution in [0.5, 0.6) is 0 Å². The van der Waals surface area contributed by atoms with Crippen LogP contribution < -0.4 is 5.32 Å². The summed E-state index contributed by atoms with van der Waals surface area (Å²) in [6, 6.07) is 0. The van der Waals surface area contributed by atoms with Gasteiger partial charge >= 0.3 is 0 Å². The summed E-state index contributed by atoms with van der Waals surface area (Å²) in [5.74, 6) is 0. The molecule has 0 radical (unpaired) electrons. The summed E-state index contributed by atoms with van der Waals surface area (Å²) in [4.78, 5) is 2.45. The highest BCUT2D eigenvalue weighted by Gasteiger charge is 2.07. The van der Waals surface area contributed by atoms with Crippen LogP contribution in [0.1, 0.15) is 6.42 Å². The zero-order valence-electron chi connectivity index (χ0n) is 9.13. The van der Waals surface area contributed by atoms with Crippen molar-refractivity contribution in [1.82, 2.24) is 10.2 Å². The molecule has 84 valence electrons. The van der Waals surface area contributed by atoms with E-state index in [0.29, 0.717) is 13.2 Å². The van der Waals surface area contributed by atoms with Crippen molar-refractivity contribution in [2.45, 2.75) is 6.42 Å². The van der Waals surface area contributed by atoms with Crippen molar-refractivity contribution >= 4 is 0 Å². The van der Waals surface area contributed by atoms with Crippen molar-refractivity contribution in [3.05, 3.63) is 0 Å². The number of rotatable bonds is 6. The lowest BCUT2D eigenvalue weighted by Gasteiger charge is -2.18. The highest BCUT2D eigenvalue weighted by atomic mass is 16.5. The Balaban J connectivity index is 1.93. The zero-order chi connectivity index (χ0) is 10.1. The van der Waals surface area contributed by atoms with Crippen LogP contribution in [0.3, 0.4) is 0 Å². The maximum absolute atomic E-state index is 5.43. The predicted octanol–water partition coefficient (Wildman–Crippen LogP) is -0.0553. The number of ether oxygens (including phenoxy) is 2. The number of methoxy groups -OCH3 is 1. The topological polar surface area (TPSA) is 33.7 Å². The van der Waals surface area contributed by atoms with Gasteiger partial charge in [0, 0.05) is 26.7 Å². The Kier molecular flexibility index (Phi) is 6.95. The SMILES string of the molecule is COCCOCCN1CCCNCC1. The molecule has 1 aliphatic rings. The Morgan fingerprint density at radius 1 is 1.14 bits per heavy atom. The van der Waals surface area contributed by atoms with Crippen molar-refractivity contribution in [3.8, 4) is 0 Å². The Hall–Kier alpha value is -0.160. The van der Waals surface area contributed by atoms with Crippen LogP contribution in [0.4, 0.5) is 0 Å². The first-order chi connectivity index (χ1) is 6.93. The van der Waals surface area contributed by atoms with Gasteiger partial charge in [-0.3, -0.25) is 4.90 Å². The van der Waals surface area contributed by atoms with Gasteiger partial charge in [-0.2, -0.15) is 0 Å². The first-order valence-corrected chi connectivity index (χ1v) is 5.43. The third-order valence-electron chi connectivity index (χ3n) is 2.42. The average Bonchev–Trinajstić information content (AvgIpc) is 2.46. The van der Waals surface area contributed by atoms with Gasteiger partial charge < -0.3 is 14.8 Å². The first kappa shape index (κ1) is 11.9. The maximum atomic E-state index is 5.43. The van der Waals surface area contributed by atoms with Gasteiger partial charge in [0.05, 0.1) is 19.8 Å². The molecule has 0 aromatic rings. The van der Waals surface area contributed by atoms with Crippen molar-refractivity contribution in [2.75, 3.05) is 59.7 Å². The second-order valence-electron chi connectivity index (χ2n) is 3.55. The monoisotopic (exact) mass is 202 g/mol. The van der Waals surface area contributed by atoms with Crippen molar-refractivity contribution in [1.29, 1.82) is 0 Å². The minimum absolute atomic E-state index is 0.696. The number of nitrogens with one attached hydrogen (secondary N) is 1. The summed E-state index contributed by atoms with van der Waals surface area (Å²) in [5.41, 5.74) is 0. The Morgan fingerprint density at radius 2 is 2.07 bits per heavy atom. The lowest BCUT2D eigenvalue weighted by atomic mass is 10.4. The van der Waals surface area contributed by atoms with Gasteiger partial charge in [-0.15, -0.1) is 0 Å². The summed E-state index contributed by atoms with van der Waals surface area (Å²) >= 11 is 0. The summed E-state index contributed by atoms with van der Waals surface area (Å²) in [5, 5.41) is 3.39. The molecular weight excluding hydrogens is 180 g/mol. The first-order valence-electron chi connectivity index (χ1n) is 5.43. The average molecular weight is 202 g/mol. The van der Waals surface area contributed by atoms with Gasteiger partial charge in [-0.25, -0.2) is 0 Å². The van der Waals surface area contributed by atoms with Gasteiger partial charge in [0.15, 0.2) is 0 Å². The van der Waals surface area contributed by atoms with Crippen LogP contribution in [0, 0.1) is 0 Å². The van der Waals surface area contributed by atoms with Gasteiger partial charge in [0.25, 0.3) is 0 Å². The minimum Gasteiger partial charge on any atom is -0.382 e. The van der Waals surface area contributed by atoms with Crippen LogP contribution in [0.25, 0.3) is 0 Å². The summed E-state index contributed by atoms with van der Waals surface area (Å²) < 4.78 is 10.3. The van der Waals surface area contributed by atoms with Crippen LogP contribution >= 0.6 is 0 Å². The van der Waals surface area contributed by atoms with E-state index in [1.165, 1.54) is 13.0 Å². The lowest BCUT2D eigenvalue weighted by Crippen LogP contribution is -2.31. The molecule has 1 heterocycles. The fraction of sp³-hybridized carbons (Fsp3) is 1.00. The maximum Gasteiger partial charge on any atom is 0.0700 e. The van der Waals surface area contributed by atoms with Crippen LogP contribution in [-0.4, -0.2) is 64.6 Å². The highest BCUT2D eigenvalue weighted by Crippen LogP contribution is 1.94. The van der Waals surface area contributed by atoms with E-state index in [9.17, 15) is 0 Å². The van der Waals surface area contributed by atoms with Gasteiger partial charge in [0.1, 0.15) is 0 Å². The van der Waals surface area contributed by atoms with E-state index < -0.39 is 0 Å². The lowest BCUT2D eigenvalue weighted by molar-refractivity contribution is 0.0581. The fourth-order valence-electron chi connectivity index (χ4n) is 1.56. The van der Waals surface area contributed by atoms with Crippen LogP contribution in [0.2, 0.25) is 0 Å². The standard InChI is InChI=1S/C10H22N2O2/c1-13-9-10-14-8-7-12-5-2-3-11-4-6-12/h11H,2-10H2,1H3. The molecule has 0 aromatic carbocycles. The molecule has 4 heteroatoms. The molecule has 0 aliphatic carbocycles. The molecule has 0 spiro atoms. The van der Waals surface area contributed by atoms with E-state index in [1.807, 2.05) is 0 Å². The second kappa shape index (κ2) is 8.17. The molecule has 0 amide bonds. The molecule has 1 fully saturated rings. The molecule has 1 saturated heterocycles. The Morgan fingerprint density at radius 3 is 2.93 bits per heavy atom. The third kappa shape index (κ3) is 5.54. The summed E-state index contributed by atoms with van der Waals surface area (Å²) in [6.07, 6.45) is 1.25. The fourth-order valence-corrected chi connectivity index (χ4v) is 1.56. The van der Waals surface area contributed by atoms with Gasteiger partial charge in [-0.05, 0) is 19.5 Å². The van der Waals surface area contributed by atoms with E-state index in [2.05, 4.69) is 10.2 Å². The van der Waals surface area contributed by atoms with E-state index in [1.54, 1.807) is 7.11 Å². The largest absolute Gasteiger partial charge is 0.382 e. The number of hydrogen-bond acceptors (Lipinski definition) is 4. The third-order valence-corrected chi connectivity index (χ3v) is 2.42. The van der Waals surface area contributed by atoms with Crippen molar-refractivity contribution in [3.63, 3.8) is 0 Å². The van der Waals surface area contributed by atoms with Crippen molar-refractivity contribution in [2.24, 2.45) is 0 Å². The molecule has 0 bridgehead atoms. The quantitative estimate of drug-likeness (QED) is 0.612. The second-order valence-corrected chi connectivity index (χ2v) is 3.55. The molecule has 1 aliphatic heterocycles. The molecule has 0 unspecified atom stereocenters. The van der Waals surface area contributed by atoms with Gasteiger partial charge in [0.2, 0.25) is 0 Å². The molecule has 14 heavy (non-hydrogen) atoms. The van der Waals surface area contributed by atoms with Crippen molar-refractivity contribution < 1.29 is 9.47 Å². The van der Waals surface area contributed by atoms with E-state index in [0.717, 1.165) is 32.8 Å². The molecule has 0 atom stereocenters. The number of nitrogens with zero attached hydrogens (tertiary/aromatic N) is 1. The summed E-state index contributed by atoms with van der Waals surface area (Å²) in [7, 11) is 1.70. The molecule has 1 rings (SSSR count). The van der Waals surface area contributed by atoms with E-state index in [-0.39, 0.29) is 0 Å². The molecule has 1 N–H and O–H groups in total. The Labute approximate surface area is 86.6 Å². The molecule has 0 aromatic heterocycles. The van der Waals surface area contributed by atoms with Gasteiger partial charge in [-0.1, -0.05) is 0 Å². The summed E-state index contributed by atoms with van der Waals surface area (Å²) in [6.45, 7) is 7.88. The Bertz CT molecular complexity index is 125. The minimum atomic E-state index is 0.696. The molecular formula is C10H22N2O2. The van der Waals surface area contributed by atoms with E-state index in [4.69, 9.17) is 9.47 Å². The van der Waals surface area contributed by atoms with Crippen LogP contribution in [-0.2, 0) is 9.47 Å². The zero-order valence-corrected chi connectivity index (χ0v) is 9.13. The number of hydrogen-bond donors (Lipinski definition) is 1. The molecule has 4 nitrogen and oxygen atoms in total. The van der Waals surface area contributed by atoms with E-state index >= 15 is 0 Å². The van der Waals surface area contributed by atoms with Crippen LogP contribution in [0.15, 0.2) is 0 Å². The molecule has 0 saturated carbocycles.